The lowest BCUT2D eigenvalue weighted by Crippen LogP contribution is -2.42. The smallest absolute Gasteiger partial charge is 0.225 e. The van der Waals surface area contributed by atoms with Gasteiger partial charge in [-0.15, -0.1) is 0 Å². The van der Waals surface area contributed by atoms with Crippen molar-refractivity contribution in [1.82, 2.24) is 10.6 Å². The van der Waals surface area contributed by atoms with E-state index in [1.807, 2.05) is 12.1 Å². The van der Waals surface area contributed by atoms with E-state index in [9.17, 15) is 9.59 Å². The molecule has 1 heterocycles. The summed E-state index contributed by atoms with van der Waals surface area (Å²) in [4.78, 5) is 23.4. The monoisotopic (exact) mass is 322 g/mol. The van der Waals surface area contributed by atoms with Gasteiger partial charge in [0.1, 0.15) is 0 Å². The molecule has 0 saturated carbocycles. The number of rotatable bonds is 4. The van der Waals surface area contributed by atoms with Gasteiger partial charge in [-0.3, -0.25) is 9.59 Å². The van der Waals surface area contributed by atoms with Gasteiger partial charge in [-0.05, 0) is 36.1 Å². The number of aryl methyl sites for hydroxylation is 1. The number of benzene rings is 2. The van der Waals surface area contributed by atoms with Crippen molar-refractivity contribution in [3.05, 3.63) is 59.7 Å². The molecule has 4 heteroatoms. The molecule has 0 bridgehead atoms. The molecule has 0 unspecified atom stereocenters. The molecule has 2 aromatic rings. The van der Waals surface area contributed by atoms with Crippen molar-refractivity contribution < 1.29 is 9.59 Å². The summed E-state index contributed by atoms with van der Waals surface area (Å²) >= 11 is 0. The number of hydrogen-bond donors (Lipinski definition) is 2. The average molecular weight is 322 g/mol. The second kappa shape index (κ2) is 7.30. The predicted molar refractivity (Wildman–Crippen MR) is 94.2 cm³/mol. The van der Waals surface area contributed by atoms with E-state index in [1.54, 1.807) is 0 Å². The van der Waals surface area contributed by atoms with Crippen LogP contribution in [0.25, 0.3) is 11.1 Å². The maximum absolute atomic E-state index is 12.2. The highest BCUT2D eigenvalue weighted by Crippen LogP contribution is 2.21. The van der Waals surface area contributed by atoms with Crippen LogP contribution in [0.4, 0.5) is 0 Å². The molecule has 1 aliphatic rings. The van der Waals surface area contributed by atoms with Crippen LogP contribution >= 0.6 is 0 Å². The highest BCUT2D eigenvalue weighted by molar-refractivity contribution is 5.83. The molecule has 24 heavy (non-hydrogen) atoms. The van der Waals surface area contributed by atoms with E-state index < -0.39 is 0 Å². The Labute approximate surface area is 142 Å². The van der Waals surface area contributed by atoms with Crippen LogP contribution in [0.1, 0.15) is 24.0 Å². The molecule has 1 saturated heterocycles. The van der Waals surface area contributed by atoms with Crippen molar-refractivity contribution in [3.8, 4) is 11.1 Å². The molecule has 0 aromatic heterocycles. The first-order chi connectivity index (χ1) is 11.6. The summed E-state index contributed by atoms with van der Waals surface area (Å²) in [5.74, 6) is -0.0801. The fourth-order valence-corrected chi connectivity index (χ4v) is 2.98. The van der Waals surface area contributed by atoms with E-state index in [-0.39, 0.29) is 17.7 Å². The Morgan fingerprint density at radius 2 is 1.92 bits per heavy atom. The number of carbonyl (C=O) groups is 2. The predicted octanol–water partition coefficient (Wildman–Crippen LogP) is 2.80. The molecule has 124 valence electrons. The molecular formula is C20H22N2O2. The van der Waals surface area contributed by atoms with Gasteiger partial charge in [0.15, 0.2) is 0 Å². The number of piperidine rings is 1. The Bertz CT molecular complexity index is 745. The van der Waals surface area contributed by atoms with Crippen molar-refractivity contribution in [2.75, 3.05) is 6.54 Å². The second-order valence-electron chi connectivity index (χ2n) is 6.33. The summed E-state index contributed by atoms with van der Waals surface area (Å²) in [6.07, 6.45) is 1.06. The minimum atomic E-state index is -0.123. The summed E-state index contributed by atoms with van der Waals surface area (Å²) in [7, 11) is 0. The van der Waals surface area contributed by atoms with E-state index in [1.165, 1.54) is 11.1 Å². The Morgan fingerprint density at radius 3 is 2.62 bits per heavy atom. The Balaban J connectivity index is 1.63. The minimum absolute atomic E-state index is 0.0101. The van der Waals surface area contributed by atoms with Gasteiger partial charge in [0.2, 0.25) is 11.8 Å². The fraction of sp³-hybridized carbons (Fsp3) is 0.300. The first-order valence-electron chi connectivity index (χ1n) is 8.32. The van der Waals surface area contributed by atoms with E-state index in [4.69, 9.17) is 0 Å². The summed E-state index contributed by atoms with van der Waals surface area (Å²) in [6.45, 7) is 3.02. The minimum Gasteiger partial charge on any atom is -0.355 e. The molecular weight excluding hydrogens is 300 g/mol. The molecule has 2 aromatic carbocycles. The van der Waals surface area contributed by atoms with Gasteiger partial charge in [-0.1, -0.05) is 48.0 Å². The third-order valence-electron chi connectivity index (χ3n) is 4.38. The molecule has 0 spiro atoms. The van der Waals surface area contributed by atoms with Gasteiger partial charge in [0.05, 0.1) is 5.92 Å². The Hall–Kier alpha value is -2.62. The molecule has 2 N–H and O–H groups in total. The number of hydrogen-bond acceptors (Lipinski definition) is 2. The molecule has 0 aliphatic carbocycles. The summed E-state index contributed by atoms with van der Waals surface area (Å²) < 4.78 is 0. The lowest BCUT2D eigenvalue weighted by molar-refractivity contribution is -0.129. The largest absolute Gasteiger partial charge is 0.355 e. The van der Waals surface area contributed by atoms with E-state index in [2.05, 4.69) is 54.0 Å². The van der Waals surface area contributed by atoms with Crippen LogP contribution in [-0.2, 0) is 16.1 Å². The van der Waals surface area contributed by atoms with Gasteiger partial charge in [-0.25, -0.2) is 0 Å². The van der Waals surface area contributed by atoms with E-state index >= 15 is 0 Å². The van der Waals surface area contributed by atoms with Crippen LogP contribution in [0.3, 0.4) is 0 Å². The summed E-state index contributed by atoms with van der Waals surface area (Å²) in [5, 5.41) is 5.73. The van der Waals surface area contributed by atoms with Crippen molar-refractivity contribution >= 4 is 11.8 Å². The van der Waals surface area contributed by atoms with Gasteiger partial charge in [-0.2, -0.15) is 0 Å². The molecule has 4 nitrogen and oxygen atoms in total. The summed E-state index contributed by atoms with van der Waals surface area (Å²) in [6, 6.07) is 16.6. The molecule has 2 amide bonds. The zero-order valence-electron chi connectivity index (χ0n) is 13.8. The van der Waals surface area contributed by atoms with Gasteiger partial charge in [0.25, 0.3) is 0 Å². The number of carbonyl (C=O) groups excluding carboxylic acids is 2. The lowest BCUT2D eigenvalue weighted by Gasteiger charge is -2.21. The Kier molecular flexibility index (Phi) is 4.94. The Morgan fingerprint density at radius 1 is 1.17 bits per heavy atom. The maximum Gasteiger partial charge on any atom is 0.225 e. The van der Waals surface area contributed by atoms with Crippen LogP contribution in [0.2, 0.25) is 0 Å². The molecule has 3 rings (SSSR count). The lowest BCUT2D eigenvalue weighted by atomic mass is 9.98. The van der Waals surface area contributed by atoms with Crippen LogP contribution < -0.4 is 10.6 Å². The topological polar surface area (TPSA) is 58.2 Å². The van der Waals surface area contributed by atoms with E-state index in [0.717, 1.165) is 11.1 Å². The zero-order chi connectivity index (χ0) is 16.9. The SMILES string of the molecule is Cc1cccc(-c2cccc(CNC(=O)[C@H]3CCC(=O)NC3)c2)c1. The maximum atomic E-state index is 12.2. The second-order valence-corrected chi connectivity index (χ2v) is 6.33. The van der Waals surface area contributed by atoms with Crippen molar-refractivity contribution in [2.45, 2.75) is 26.3 Å². The quantitative estimate of drug-likeness (QED) is 0.909. The van der Waals surface area contributed by atoms with Crippen LogP contribution in [0, 0.1) is 12.8 Å². The van der Waals surface area contributed by atoms with E-state index in [0.29, 0.717) is 25.9 Å². The number of nitrogens with one attached hydrogen (secondary N) is 2. The highest BCUT2D eigenvalue weighted by atomic mass is 16.2. The standard InChI is InChI=1S/C20H22N2O2/c1-14-4-2-6-16(10-14)17-7-3-5-15(11-17)12-22-20(24)18-8-9-19(23)21-13-18/h2-7,10-11,18H,8-9,12-13H2,1H3,(H,21,23)(H,22,24)/t18-/m0/s1. The molecule has 1 aliphatic heterocycles. The third-order valence-corrected chi connectivity index (χ3v) is 4.38. The third kappa shape index (κ3) is 4.02. The molecule has 1 atom stereocenters. The first-order valence-corrected chi connectivity index (χ1v) is 8.32. The van der Waals surface area contributed by atoms with Crippen LogP contribution in [0.5, 0.6) is 0 Å². The van der Waals surface area contributed by atoms with Crippen molar-refractivity contribution in [3.63, 3.8) is 0 Å². The molecule has 0 radical (unpaired) electrons. The molecule has 1 fully saturated rings. The van der Waals surface area contributed by atoms with Crippen molar-refractivity contribution in [1.29, 1.82) is 0 Å². The first kappa shape index (κ1) is 16.2. The fourth-order valence-electron chi connectivity index (χ4n) is 2.98. The van der Waals surface area contributed by atoms with Gasteiger partial charge < -0.3 is 10.6 Å². The number of amides is 2. The zero-order valence-corrected chi connectivity index (χ0v) is 13.8. The average Bonchev–Trinajstić information content (AvgIpc) is 2.60. The normalized spacial score (nSPS) is 17.2. The van der Waals surface area contributed by atoms with Gasteiger partial charge in [0, 0.05) is 19.5 Å². The summed E-state index contributed by atoms with van der Waals surface area (Å²) in [5.41, 5.74) is 4.63. The van der Waals surface area contributed by atoms with Crippen molar-refractivity contribution in [2.24, 2.45) is 5.92 Å². The van der Waals surface area contributed by atoms with Crippen LogP contribution in [0.15, 0.2) is 48.5 Å². The highest BCUT2D eigenvalue weighted by Gasteiger charge is 2.23. The van der Waals surface area contributed by atoms with Crippen LogP contribution in [-0.4, -0.2) is 18.4 Å². The van der Waals surface area contributed by atoms with Gasteiger partial charge >= 0.3 is 0 Å².